The first-order chi connectivity index (χ1) is 9.10. The Morgan fingerprint density at radius 1 is 1.47 bits per heavy atom. The van der Waals surface area contributed by atoms with Crippen LogP contribution in [0.5, 0.6) is 0 Å². The lowest BCUT2D eigenvalue weighted by Crippen LogP contribution is -2.12. The number of unbranched alkanes of at least 4 members (excludes halogenated alkanes) is 1. The molecule has 1 aromatic carbocycles. The number of aliphatic hydroxyl groups is 1. The number of benzene rings is 1. The molecule has 1 N–H and O–H groups in total. The van der Waals surface area contributed by atoms with Crippen molar-refractivity contribution < 1.29 is 14.6 Å². The number of methoxy groups -OCH3 is 1. The predicted molar refractivity (Wildman–Crippen MR) is 74.9 cm³/mol. The van der Waals surface area contributed by atoms with Crippen LogP contribution in [-0.4, -0.2) is 18.2 Å². The summed E-state index contributed by atoms with van der Waals surface area (Å²) in [5.41, 5.74) is 3.49. The summed E-state index contributed by atoms with van der Waals surface area (Å²) in [5, 5.41) is 10.8. The quantitative estimate of drug-likeness (QED) is 0.511. The van der Waals surface area contributed by atoms with E-state index in [1.54, 1.807) is 30.3 Å². The predicted octanol–water partition coefficient (Wildman–Crippen LogP) is 3.43. The summed E-state index contributed by atoms with van der Waals surface area (Å²) < 4.78 is 4.66. The lowest BCUT2D eigenvalue weighted by atomic mass is 10.0. The van der Waals surface area contributed by atoms with Gasteiger partial charge in [-0.15, -0.1) is 5.73 Å². The number of ether oxygens (including phenoxy) is 1. The van der Waals surface area contributed by atoms with E-state index in [0.29, 0.717) is 10.6 Å². The van der Waals surface area contributed by atoms with E-state index in [1.165, 1.54) is 7.11 Å². The number of esters is 1. The van der Waals surface area contributed by atoms with E-state index in [-0.39, 0.29) is 5.57 Å². The van der Waals surface area contributed by atoms with Crippen LogP contribution in [0.25, 0.3) is 0 Å². The zero-order valence-corrected chi connectivity index (χ0v) is 11.8. The molecule has 0 unspecified atom stereocenters. The standard InChI is InChI=1S/C15H17ClO3/c1-3-4-5-6-13(15(18)19-2)14(17)11-7-9-12(16)10-8-11/h5,7-10,14,17H,3-4H2,1-2H3/t6?,14-/m1/s1. The van der Waals surface area contributed by atoms with Gasteiger partial charge in [-0.05, 0) is 30.2 Å². The van der Waals surface area contributed by atoms with Gasteiger partial charge in [0, 0.05) is 5.02 Å². The van der Waals surface area contributed by atoms with Crippen LogP contribution in [0, 0.1) is 0 Å². The van der Waals surface area contributed by atoms with Crippen molar-refractivity contribution in [3.05, 3.63) is 52.2 Å². The largest absolute Gasteiger partial charge is 0.465 e. The molecule has 0 heterocycles. The van der Waals surface area contributed by atoms with Crippen LogP contribution in [0.15, 0.2) is 41.6 Å². The normalized spacial score (nSPS) is 11.4. The minimum Gasteiger partial charge on any atom is -0.465 e. The Labute approximate surface area is 118 Å². The van der Waals surface area contributed by atoms with Crippen molar-refractivity contribution in [1.82, 2.24) is 0 Å². The molecule has 0 fully saturated rings. The molecule has 0 spiro atoms. The maximum atomic E-state index is 11.7. The summed E-state index contributed by atoms with van der Waals surface area (Å²) >= 11 is 5.79. The van der Waals surface area contributed by atoms with E-state index in [4.69, 9.17) is 11.6 Å². The van der Waals surface area contributed by atoms with Crippen LogP contribution in [0.1, 0.15) is 31.4 Å². The topological polar surface area (TPSA) is 46.5 Å². The highest BCUT2D eigenvalue weighted by molar-refractivity contribution is 6.30. The molecule has 1 atom stereocenters. The van der Waals surface area contributed by atoms with Gasteiger partial charge in [-0.2, -0.15) is 0 Å². The van der Waals surface area contributed by atoms with Crippen molar-refractivity contribution in [2.24, 2.45) is 0 Å². The lowest BCUT2D eigenvalue weighted by Gasteiger charge is -2.11. The van der Waals surface area contributed by atoms with Gasteiger partial charge in [-0.3, -0.25) is 0 Å². The van der Waals surface area contributed by atoms with Crippen molar-refractivity contribution in [3.63, 3.8) is 0 Å². The minimum atomic E-state index is -1.07. The molecular formula is C15H17ClO3. The van der Waals surface area contributed by atoms with Crippen molar-refractivity contribution >= 4 is 17.6 Å². The fourth-order valence-electron chi connectivity index (χ4n) is 1.50. The lowest BCUT2D eigenvalue weighted by molar-refractivity contribution is -0.137. The molecule has 1 aromatic rings. The Bertz CT molecular complexity index is 485. The van der Waals surface area contributed by atoms with Gasteiger partial charge in [-0.1, -0.05) is 37.1 Å². The van der Waals surface area contributed by atoms with Gasteiger partial charge in [-0.25, -0.2) is 4.79 Å². The maximum Gasteiger partial charge on any atom is 0.344 e. The second kappa shape index (κ2) is 7.80. The van der Waals surface area contributed by atoms with Gasteiger partial charge >= 0.3 is 5.97 Å². The number of carbonyl (C=O) groups is 1. The third kappa shape index (κ3) is 4.56. The van der Waals surface area contributed by atoms with Gasteiger partial charge in [0.2, 0.25) is 0 Å². The van der Waals surface area contributed by atoms with E-state index in [0.717, 1.165) is 12.8 Å². The fourth-order valence-corrected chi connectivity index (χ4v) is 1.62. The molecule has 4 heteroatoms. The summed E-state index contributed by atoms with van der Waals surface area (Å²) in [6, 6.07) is 6.64. The SMILES string of the molecule is CCCC=C=C(C(=O)OC)[C@H](O)c1ccc(Cl)cc1. The number of carbonyl (C=O) groups excluding carboxylic acids is 1. The maximum absolute atomic E-state index is 11.7. The second-order valence-electron chi connectivity index (χ2n) is 4.00. The summed E-state index contributed by atoms with van der Waals surface area (Å²) in [6.07, 6.45) is 2.38. The molecule has 0 saturated heterocycles. The average Bonchev–Trinajstić information content (AvgIpc) is 2.43. The zero-order chi connectivity index (χ0) is 14.3. The molecule has 0 aliphatic rings. The van der Waals surface area contributed by atoms with Crippen molar-refractivity contribution in [3.8, 4) is 0 Å². The molecule has 0 aromatic heterocycles. The molecule has 19 heavy (non-hydrogen) atoms. The van der Waals surface area contributed by atoms with Crippen LogP contribution in [0.3, 0.4) is 0 Å². The first-order valence-corrected chi connectivity index (χ1v) is 6.44. The molecule has 0 radical (unpaired) electrons. The highest BCUT2D eigenvalue weighted by Crippen LogP contribution is 2.23. The summed E-state index contributed by atoms with van der Waals surface area (Å²) in [6.45, 7) is 2.02. The summed E-state index contributed by atoms with van der Waals surface area (Å²) in [5.74, 6) is -0.588. The summed E-state index contributed by atoms with van der Waals surface area (Å²) in [4.78, 5) is 11.7. The third-order valence-corrected chi connectivity index (χ3v) is 2.81. The van der Waals surface area contributed by atoms with Gasteiger partial charge in [0.15, 0.2) is 0 Å². The van der Waals surface area contributed by atoms with E-state index in [9.17, 15) is 9.90 Å². The van der Waals surface area contributed by atoms with E-state index >= 15 is 0 Å². The highest BCUT2D eigenvalue weighted by atomic mass is 35.5. The molecule has 0 bridgehead atoms. The molecule has 3 nitrogen and oxygen atoms in total. The molecular weight excluding hydrogens is 264 g/mol. The van der Waals surface area contributed by atoms with Crippen molar-refractivity contribution in [2.45, 2.75) is 25.9 Å². The van der Waals surface area contributed by atoms with Crippen LogP contribution >= 0.6 is 11.6 Å². The smallest absolute Gasteiger partial charge is 0.344 e. The molecule has 0 amide bonds. The third-order valence-electron chi connectivity index (χ3n) is 2.56. The number of hydrogen-bond donors (Lipinski definition) is 1. The highest BCUT2D eigenvalue weighted by Gasteiger charge is 2.20. The zero-order valence-electron chi connectivity index (χ0n) is 11.0. The molecule has 1 rings (SSSR count). The van der Waals surface area contributed by atoms with Crippen LogP contribution in [0.4, 0.5) is 0 Å². The Morgan fingerprint density at radius 2 is 2.11 bits per heavy atom. The van der Waals surface area contributed by atoms with E-state index in [1.807, 2.05) is 6.92 Å². The second-order valence-corrected chi connectivity index (χ2v) is 4.43. The van der Waals surface area contributed by atoms with E-state index < -0.39 is 12.1 Å². The Balaban J connectivity index is 3.07. The van der Waals surface area contributed by atoms with Crippen LogP contribution in [0.2, 0.25) is 5.02 Å². The fraction of sp³-hybridized carbons (Fsp3) is 0.333. The Hall–Kier alpha value is -1.54. The van der Waals surface area contributed by atoms with E-state index in [2.05, 4.69) is 10.5 Å². The van der Waals surface area contributed by atoms with Crippen LogP contribution < -0.4 is 0 Å². The number of halogens is 1. The Morgan fingerprint density at radius 3 is 2.63 bits per heavy atom. The van der Waals surface area contributed by atoms with Crippen molar-refractivity contribution in [2.75, 3.05) is 7.11 Å². The molecule has 0 aliphatic heterocycles. The summed E-state index contributed by atoms with van der Waals surface area (Å²) in [7, 11) is 1.28. The monoisotopic (exact) mass is 280 g/mol. The van der Waals surface area contributed by atoms with Crippen LogP contribution in [-0.2, 0) is 9.53 Å². The Kier molecular flexibility index (Phi) is 6.37. The first-order valence-electron chi connectivity index (χ1n) is 6.07. The first kappa shape index (κ1) is 15.5. The van der Waals surface area contributed by atoms with Gasteiger partial charge in [0.1, 0.15) is 11.7 Å². The van der Waals surface area contributed by atoms with Crippen molar-refractivity contribution in [1.29, 1.82) is 0 Å². The molecule has 0 aliphatic carbocycles. The number of hydrogen-bond acceptors (Lipinski definition) is 3. The van der Waals surface area contributed by atoms with Gasteiger partial charge in [0.05, 0.1) is 7.11 Å². The number of aliphatic hydroxyl groups excluding tert-OH is 1. The average molecular weight is 281 g/mol. The van der Waals surface area contributed by atoms with Gasteiger partial charge in [0.25, 0.3) is 0 Å². The number of rotatable bonds is 5. The minimum absolute atomic E-state index is 0.0956. The molecule has 102 valence electrons. The van der Waals surface area contributed by atoms with Gasteiger partial charge < -0.3 is 9.84 Å². The molecule has 0 saturated carbocycles.